The van der Waals surface area contributed by atoms with Gasteiger partial charge in [-0.1, -0.05) is 35.3 Å². The Morgan fingerprint density at radius 1 is 0.882 bits per heavy atom. The molecular weight excluding hydrogens is 255 g/mol. The highest BCUT2D eigenvalue weighted by atomic mass is 35.5. The Kier molecular flexibility index (Phi) is 3.60. The van der Waals surface area contributed by atoms with E-state index < -0.39 is 0 Å². The van der Waals surface area contributed by atoms with Gasteiger partial charge in [-0.3, -0.25) is 0 Å². The highest BCUT2D eigenvalue weighted by Gasteiger charge is 2.04. The van der Waals surface area contributed by atoms with Crippen molar-refractivity contribution in [1.82, 2.24) is 0 Å². The quantitative estimate of drug-likeness (QED) is 0.745. The van der Waals surface area contributed by atoms with E-state index in [-0.39, 0.29) is 0 Å². The number of halogens is 2. The highest BCUT2D eigenvalue weighted by molar-refractivity contribution is 6.42. The molecule has 1 nitrogen and oxygen atoms in total. The van der Waals surface area contributed by atoms with Crippen LogP contribution in [0.15, 0.2) is 36.4 Å². The molecule has 0 bridgehead atoms. The predicted octanol–water partition coefficient (Wildman–Crippen LogP) is 4.98. The molecule has 0 aliphatic heterocycles. The first-order chi connectivity index (χ1) is 8.11. The zero-order chi connectivity index (χ0) is 12.4. The van der Waals surface area contributed by atoms with Gasteiger partial charge in [0.25, 0.3) is 0 Å². The molecule has 17 heavy (non-hydrogen) atoms. The molecule has 2 aromatic rings. The van der Waals surface area contributed by atoms with Crippen molar-refractivity contribution in [3.63, 3.8) is 0 Å². The van der Waals surface area contributed by atoms with E-state index in [9.17, 15) is 0 Å². The fourth-order valence-electron chi connectivity index (χ4n) is 1.73. The Morgan fingerprint density at radius 3 is 2.12 bits per heavy atom. The summed E-state index contributed by atoms with van der Waals surface area (Å²) in [5.74, 6) is 0.883. The van der Waals surface area contributed by atoms with E-state index in [0.29, 0.717) is 10.0 Å². The van der Waals surface area contributed by atoms with Crippen LogP contribution in [-0.2, 0) is 0 Å². The molecule has 0 saturated carbocycles. The van der Waals surface area contributed by atoms with E-state index in [1.165, 1.54) is 0 Å². The van der Waals surface area contributed by atoms with Gasteiger partial charge in [-0.05, 0) is 47.9 Å². The Morgan fingerprint density at radius 2 is 1.53 bits per heavy atom. The molecule has 3 heteroatoms. The smallest absolute Gasteiger partial charge is 0.121 e. The van der Waals surface area contributed by atoms with Crippen LogP contribution in [-0.4, -0.2) is 7.11 Å². The fraction of sp³-hybridized carbons (Fsp3) is 0.143. The Hall–Kier alpha value is -1.18. The highest BCUT2D eigenvalue weighted by Crippen LogP contribution is 2.30. The van der Waals surface area contributed by atoms with Gasteiger partial charge in [0.1, 0.15) is 5.75 Å². The van der Waals surface area contributed by atoms with Gasteiger partial charge < -0.3 is 4.74 Å². The first-order valence-electron chi connectivity index (χ1n) is 5.22. The van der Waals surface area contributed by atoms with Gasteiger partial charge in [-0.15, -0.1) is 0 Å². The third kappa shape index (κ3) is 2.56. The lowest BCUT2D eigenvalue weighted by Crippen LogP contribution is -1.87. The monoisotopic (exact) mass is 266 g/mol. The summed E-state index contributed by atoms with van der Waals surface area (Å²) in [5.41, 5.74) is 3.24. The van der Waals surface area contributed by atoms with Crippen LogP contribution in [0.1, 0.15) is 5.56 Å². The van der Waals surface area contributed by atoms with Crippen molar-refractivity contribution in [2.24, 2.45) is 0 Å². The van der Waals surface area contributed by atoms with Crippen LogP contribution < -0.4 is 4.74 Å². The summed E-state index contributed by atoms with van der Waals surface area (Å²) in [6, 6.07) is 11.6. The average Bonchev–Trinajstić information content (AvgIpc) is 2.32. The lowest BCUT2D eigenvalue weighted by molar-refractivity contribution is 0.412. The molecular formula is C14H12Cl2O. The Bertz CT molecular complexity index is 550. The molecule has 2 aromatic carbocycles. The summed E-state index contributed by atoms with van der Waals surface area (Å²) in [6.45, 7) is 2.01. The summed E-state index contributed by atoms with van der Waals surface area (Å²) in [5, 5.41) is 1.14. The number of hydrogen-bond acceptors (Lipinski definition) is 1. The van der Waals surface area contributed by atoms with Crippen molar-refractivity contribution in [1.29, 1.82) is 0 Å². The summed E-state index contributed by atoms with van der Waals surface area (Å²) in [4.78, 5) is 0. The summed E-state index contributed by atoms with van der Waals surface area (Å²) >= 11 is 11.9. The molecule has 0 spiro atoms. The topological polar surface area (TPSA) is 9.23 Å². The lowest BCUT2D eigenvalue weighted by Gasteiger charge is -2.08. The van der Waals surface area contributed by atoms with E-state index in [1.807, 2.05) is 31.2 Å². The predicted molar refractivity (Wildman–Crippen MR) is 73.2 cm³/mol. The van der Waals surface area contributed by atoms with E-state index >= 15 is 0 Å². The molecule has 0 atom stereocenters. The SMILES string of the molecule is COc1ccc(-c2ccc(Cl)c(Cl)c2)cc1C. The van der Waals surface area contributed by atoms with E-state index in [1.54, 1.807) is 13.2 Å². The van der Waals surface area contributed by atoms with Crippen LogP contribution in [0.25, 0.3) is 11.1 Å². The Labute approximate surface area is 111 Å². The number of rotatable bonds is 2. The van der Waals surface area contributed by atoms with E-state index in [2.05, 4.69) is 6.07 Å². The Balaban J connectivity index is 2.46. The largest absolute Gasteiger partial charge is 0.496 e. The standard InChI is InChI=1S/C14H12Cl2O/c1-9-7-10(4-6-14(9)17-2)11-3-5-12(15)13(16)8-11/h3-8H,1-2H3. The second kappa shape index (κ2) is 4.99. The van der Waals surface area contributed by atoms with E-state index in [4.69, 9.17) is 27.9 Å². The number of methoxy groups -OCH3 is 1. The number of ether oxygens (including phenoxy) is 1. The van der Waals surface area contributed by atoms with Crippen molar-refractivity contribution in [3.8, 4) is 16.9 Å². The van der Waals surface area contributed by atoms with Gasteiger partial charge in [0, 0.05) is 0 Å². The zero-order valence-corrected chi connectivity index (χ0v) is 11.1. The minimum Gasteiger partial charge on any atom is -0.496 e. The van der Waals surface area contributed by atoms with Gasteiger partial charge >= 0.3 is 0 Å². The molecule has 88 valence electrons. The lowest BCUT2D eigenvalue weighted by atomic mass is 10.0. The number of aryl methyl sites for hydroxylation is 1. The molecule has 0 aliphatic carbocycles. The maximum atomic E-state index is 6.01. The van der Waals surface area contributed by atoms with Crippen LogP contribution >= 0.6 is 23.2 Å². The van der Waals surface area contributed by atoms with Crippen LogP contribution in [0.3, 0.4) is 0 Å². The molecule has 0 fully saturated rings. The zero-order valence-electron chi connectivity index (χ0n) is 9.63. The minimum absolute atomic E-state index is 0.567. The molecule has 2 rings (SSSR count). The van der Waals surface area contributed by atoms with Crippen LogP contribution in [0.2, 0.25) is 10.0 Å². The second-order valence-electron chi connectivity index (χ2n) is 3.81. The van der Waals surface area contributed by atoms with Gasteiger partial charge in [0.05, 0.1) is 17.2 Å². The van der Waals surface area contributed by atoms with Crippen molar-refractivity contribution < 1.29 is 4.74 Å². The molecule has 0 unspecified atom stereocenters. The van der Waals surface area contributed by atoms with Crippen LogP contribution in [0.5, 0.6) is 5.75 Å². The number of hydrogen-bond donors (Lipinski definition) is 0. The van der Waals surface area contributed by atoms with Gasteiger partial charge in [0.15, 0.2) is 0 Å². The second-order valence-corrected chi connectivity index (χ2v) is 4.63. The maximum absolute atomic E-state index is 6.01. The average molecular weight is 267 g/mol. The maximum Gasteiger partial charge on any atom is 0.121 e. The first kappa shape index (κ1) is 12.3. The van der Waals surface area contributed by atoms with Gasteiger partial charge in [-0.25, -0.2) is 0 Å². The van der Waals surface area contributed by atoms with Crippen molar-refractivity contribution >= 4 is 23.2 Å². The van der Waals surface area contributed by atoms with Gasteiger partial charge in [0.2, 0.25) is 0 Å². The fourth-order valence-corrected chi connectivity index (χ4v) is 2.03. The third-order valence-electron chi connectivity index (χ3n) is 2.65. The molecule has 0 N–H and O–H groups in total. The minimum atomic E-state index is 0.567. The normalized spacial score (nSPS) is 10.4. The summed E-state index contributed by atoms with van der Waals surface area (Å²) < 4.78 is 5.23. The number of benzene rings is 2. The van der Waals surface area contributed by atoms with Crippen molar-refractivity contribution in [2.45, 2.75) is 6.92 Å². The third-order valence-corrected chi connectivity index (χ3v) is 3.39. The molecule has 0 heterocycles. The summed E-state index contributed by atoms with van der Waals surface area (Å²) in [7, 11) is 1.67. The molecule has 0 aromatic heterocycles. The van der Waals surface area contributed by atoms with Crippen LogP contribution in [0.4, 0.5) is 0 Å². The molecule has 0 saturated heterocycles. The molecule has 0 aliphatic rings. The van der Waals surface area contributed by atoms with Gasteiger partial charge in [-0.2, -0.15) is 0 Å². The van der Waals surface area contributed by atoms with Crippen molar-refractivity contribution in [2.75, 3.05) is 7.11 Å². The molecule has 0 radical (unpaired) electrons. The molecule has 0 amide bonds. The summed E-state index contributed by atoms with van der Waals surface area (Å²) in [6.07, 6.45) is 0. The first-order valence-corrected chi connectivity index (χ1v) is 5.97. The van der Waals surface area contributed by atoms with E-state index in [0.717, 1.165) is 22.4 Å². The van der Waals surface area contributed by atoms with Crippen LogP contribution in [0, 0.1) is 6.92 Å². The van der Waals surface area contributed by atoms with Crippen molar-refractivity contribution in [3.05, 3.63) is 52.0 Å².